The number of piperidine rings is 1. The Morgan fingerprint density at radius 1 is 1.21 bits per heavy atom. The van der Waals surface area contributed by atoms with E-state index in [1.165, 1.54) is 12.8 Å². The first-order valence-electron chi connectivity index (χ1n) is 12.5. The van der Waals surface area contributed by atoms with E-state index in [-0.39, 0.29) is 17.6 Å². The summed E-state index contributed by atoms with van der Waals surface area (Å²) >= 11 is 0. The third-order valence-electron chi connectivity index (χ3n) is 7.59. The lowest BCUT2D eigenvalue weighted by Crippen LogP contribution is -2.45. The topological polar surface area (TPSA) is 68.5 Å². The van der Waals surface area contributed by atoms with E-state index in [1.54, 1.807) is 0 Å². The molecular formula is C27H35N3O3. The van der Waals surface area contributed by atoms with Gasteiger partial charge in [-0.2, -0.15) is 0 Å². The van der Waals surface area contributed by atoms with Gasteiger partial charge in [-0.3, -0.25) is 4.98 Å². The van der Waals surface area contributed by atoms with Gasteiger partial charge in [0.1, 0.15) is 11.9 Å². The Morgan fingerprint density at radius 3 is 2.67 bits per heavy atom. The molecule has 3 aliphatic rings. The van der Waals surface area contributed by atoms with Crippen molar-refractivity contribution < 1.29 is 14.1 Å². The van der Waals surface area contributed by atoms with Crippen LogP contribution in [0.2, 0.25) is 0 Å². The Labute approximate surface area is 196 Å². The second-order valence-corrected chi connectivity index (χ2v) is 10.5. The summed E-state index contributed by atoms with van der Waals surface area (Å²) in [6.07, 6.45) is 10.8. The monoisotopic (exact) mass is 449 g/mol. The largest absolute Gasteiger partial charge is 0.441 e. The Morgan fingerprint density at radius 2 is 2.00 bits per heavy atom. The van der Waals surface area contributed by atoms with Gasteiger partial charge in [0.05, 0.1) is 5.69 Å². The minimum Gasteiger partial charge on any atom is -0.441 e. The van der Waals surface area contributed by atoms with Gasteiger partial charge in [0.15, 0.2) is 0 Å². The molecule has 1 amide bonds. The number of likely N-dealkylation sites (tertiary alicyclic amines) is 1. The number of pyridine rings is 1. The molecule has 1 saturated carbocycles. The highest BCUT2D eigenvalue weighted by atomic mass is 16.6. The average molecular weight is 450 g/mol. The van der Waals surface area contributed by atoms with Crippen LogP contribution >= 0.6 is 0 Å². The summed E-state index contributed by atoms with van der Waals surface area (Å²) in [5.74, 6) is 2.00. The first-order chi connectivity index (χ1) is 15.9. The van der Waals surface area contributed by atoms with Crippen molar-refractivity contribution in [3.8, 4) is 0 Å². The van der Waals surface area contributed by atoms with E-state index in [0.29, 0.717) is 24.9 Å². The third kappa shape index (κ3) is 4.71. The number of rotatable bonds is 5. The van der Waals surface area contributed by atoms with E-state index in [4.69, 9.17) is 9.26 Å². The van der Waals surface area contributed by atoms with Crippen molar-refractivity contribution in [3.05, 3.63) is 53.2 Å². The number of hydrogen-bond acceptors (Lipinski definition) is 5. The van der Waals surface area contributed by atoms with Crippen LogP contribution in [0.5, 0.6) is 0 Å². The second kappa shape index (κ2) is 8.96. The molecule has 2 aliphatic carbocycles. The molecule has 0 N–H and O–H groups in total. The number of carbonyl (C=O) groups is 1. The first-order valence-corrected chi connectivity index (χ1v) is 12.5. The van der Waals surface area contributed by atoms with Crippen LogP contribution in [-0.4, -0.2) is 40.3 Å². The molecule has 176 valence electrons. The van der Waals surface area contributed by atoms with Gasteiger partial charge in [0, 0.05) is 42.4 Å². The molecule has 1 aliphatic heterocycles. The average Bonchev–Trinajstić information content (AvgIpc) is 3.55. The maximum Gasteiger partial charge on any atom is 0.410 e. The fourth-order valence-corrected chi connectivity index (χ4v) is 4.96. The van der Waals surface area contributed by atoms with E-state index in [2.05, 4.69) is 55.2 Å². The van der Waals surface area contributed by atoms with Crippen LogP contribution < -0.4 is 0 Å². The predicted octanol–water partition coefficient (Wildman–Crippen LogP) is 6.20. The van der Waals surface area contributed by atoms with Gasteiger partial charge in [-0.1, -0.05) is 38.1 Å². The predicted molar refractivity (Wildman–Crippen MR) is 127 cm³/mol. The lowest BCUT2D eigenvalue weighted by atomic mass is 9.77. The van der Waals surface area contributed by atoms with Gasteiger partial charge in [0.25, 0.3) is 0 Å². The normalized spacial score (nSPS) is 22.8. The van der Waals surface area contributed by atoms with Crippen molar-refractivity contribution in [2.75, 3.05) is 13.1 Å². The molecule has 5 rings (SSSR count). The lowest BCUT2D eigenvalue weighted by Gasteiger charge is -2.38. The molecule has 2 aromatic heterocycles. The minimum atomic E-state index is -0.208. The molecule has 6 nitrogen and oxygen atoms in total. The Bertz CT molecular complexity index is 1010. The van der Waals surface area contributed by atoms with Gasteiger partial charge in [0.2, 0.25) is 0 Å². The van der Waals surface area contributed by atoms with Gasteiger partial charge < -0.3 is 14.2 Å². The van der Waals surface area contributed by atoms with Gasteiger partial charge >= 0.3 is 6.09 Å². The maximum absolute atomic E-state index is 13.1. The van der Waals surface area contributed by atoms with E-state index in [1.807, 2.05) is 11.1 Å². The summed E-state index contributed by atoms with van der Waals surface area (Å²) in [6.45, 7) is 7.88. The fourth-order valence-electron chi connectivity index (χ4n) is 4.96. The van der Waals surface area contributed by atoms with Crippen LogP contribution in [0.25, 0.3) is 5.57 Å². The van der Waals surface area contributed by atoms with Crippen LogP contribution in [0.1, 0.15) is 100 Å². The second-order valence-electron chi connectivity index (χ2n) is 10.5. The zero-order valence-corrected chi connectivity index (χ0v) is 20.0. The quantitative estimate of drug-likeness (QED) is 0.544. The molecule has 2 fully saturated rings. The summed E-state index contributed by atoms with van der Waals surface area (Å²) in [4.78, 5) is 19.5. The third-order valence-corrected chi connectivity index (χ3v) is 7.59. The maximum atomic E-state index is 13.1. The summed E-state index contributed by atoms with van der Waals surface area (Å²) in [6, 6.07) is 6.34. The van der Waals surface area contributed by atoms with Crippen molar-refractivity contribution in [3.63, 3.8) is 0 Å². The van der Waals surface area contributed by atoms with Crippen molar-refractivity contribution >= 4 is 11.7 Å². The van der Waals surface area contributed by atoms with Crippen molar-refractivity contribution in [2.45, 2.75) is 89.1 Å². The molecule has 0 bridgehead atoms. The standard InChI is InChI=1S/C27H35N3O3/c1-18(2)22-11-10-20(17-28-22)21-6-4-5-7-23(21)32-26(31)30-14-12-27(3,13-15-30)25-16-24(33-29-25)19-8-9-19/h6,10-11,16-19,23H,4-5,7-9,12-15H2,1-3H3. The van der Waals surface area contributed by atoms with E-state index >= 15 is 0 Å². The van der Waals surface area contributed by atoms with Gasteiger partial charge in [-0.25, -0.2) is 4.79 Å². The molecule has 0 spiro atoms. The Hall–Kier alpha value is -2.63. The lowest BCUT2D eigenvalue weighted by molar-refractivity contribution is 0.0639. The molecular weight excluding hydrogens is 414 g/mol. The molecule has 2 aromatic rings. The SMILES string of the molecule is CC(C)c1ccc(C2=CCCCC2OC(=O)N2CCC(C)(c3cc(C4CC4)on3)CC2)cn1. The van der Waals surface area contributed by atoms with Crippen molar-refractivity contribution in [2.24, 2.45) is 0 Å². The number of ether oxygens (including phenoxy) is 1. The summed E-state index contributed by atoms with van der Waals surface area (Å²) in [5.41, 5.74) is 4.21. The molecule has 0 radical (unpaired) electrons. The Balaban J connectivity index is 1.21. The number of carbonyl (C=O) groups excluding carboxylic acids is 1. The Kier molecular flexibility index (Phi) is 6.02. The number of hydrogen-bond donors (Lipinski definition) is 0. The first kappa shape index (κ1) is 22.2. The molecule has 0 aromatic carbocycles. The molecule has 6 heteroatoms. The van der Waals surface area contributed by atoms with Gasteiger partial charge in [-0.05, 0) is 68.1 Å². The van der Waals surface area contributed by atoms with Crippen LogP contribution in [0.3, 0.4) is 0 Å². The summed E-state index contributed by atoms with van der Waals surface area (Å²) in [7, 11) is 0. The highest BCUT2D eigenvalue weighted by molar-refractivity contribution is 5.74. The highest BCUT2D eigenvalue weighted by Gasteiger charge is 2.38. The smallest absolute Gasteiger partial charge is 0.410 e. The van der Waals surface area contributed by atoms with Gasteiger partial charge in [-0.15, -0.1) is 0 Å². The number of amides is 1. The zero-order valence-electron chi connectivity index (χ0n) is 20.0. The van der Waals surface area contributed by atoms with E-state index in [9.17, 15) is 4.79 Å². The fraction of sp³-hybridized carbons (Fsp3) is 0.593. The molecule has 1 unspecified atom stereocenters. The van der Waals surface area contributed by atoms with Crippen LogP contribution in [0.15, 0.2) is 35.0 Å². The van der Waals surface area contributed by atoms with Crippen molar-refractivity contribution in [1.29, 1.82) is 0 Å². The van der Waals surface area contributed by atoms with Crippen LogP contribution in [-0.2, 0) is 10.2 Å². The number of aromatic nitrogens is 2. The number of nitrogens with zero attached hydrogens (tertiary/aromatic N) is 3. The minimum absolute atomic E-state index is 0.0485. The van der Waals surface area contributed by atoms with Crippen molar-refractivity contribution in [1.82, 2.24) is 15.0 Å². The van der Waals surface area contributed by atoms with Crippen LogP contribution in [0.4, 0.5) is 4.79 Å². The summed E-state index contributed by atoms with van der Waals surface area (Å²) < 4.78 is 11.6. The summed E-state index contributed by atoms with van der Waals surface area (Å²) in [5, 5.41) is 4.37. The molecule has 33 heavy (non-hydrogen) atoms. The van der Waals surface area contributed by atoms with Crippen LogP contribution in [0, 0.1) is 0 Å². The molecule has 1 saturated heterocycles. The number of allylic oxidation sites excluding steroid dienone is 1. The zero-order chi connectivity index (χ0) is 23.0. The van der Waals surface area contributed by atoms with E-state index < -0.39 is 0 Å². The van der Waals surface area contributed by atoms with E-state index in [0.717, 1.165) is 60.4 Å². The highest BCUT2D eigenvalue weighted by Crippen LogP contribution is 2.43. The molecule has 1 atom stereocenters. The molecule has 3 heterocycles.